The molecule has 4 rings (SSSR count). The van der Waals surface area contributed by atoms with Crippen LogP contribution in [0.15, 0.2) is 24.3 Å². The highest BCUT2D eigenvalue weighted by molar-refractivity contribution is 5.62. The SMILES string of the molecule is Cc1c(Cc2ccc3c(c2C)CCCN3C)ccc2c1CCCN2. The summed E-state index contributed by atoms with van der Waals surface area (Å²) in [6.07, 6.45) is 6.03. The molecule has 0 saturated carbocycles. The Hall–Kier alpha value is -1.96. The molecule has 0 aromatic heterocycles. The van der Waals surface area contributed by atoms with Crippen molar-refractivity contribution in [2.24, 2.45) is 0 Å². The van der Waals surface area contributed by atoms with E-state index in [1.807, 2.05) is 0 Å². The van der Waals surface area contributed by atoms with Crippen LogP contribution in [0.5, 0.6) is 0 Å². The fourth-order valence-electron chi connectivity index (χ4n) is 4.45. The van der Waals surface area contributed by atoms with Crippen molar-refractivity contribution in [1.29, 1.82) is 0 Å². The summed E-state index contributed by atoms with van der Waals surface area (Å²) >= 11 is 0. The monoisotopic (exact) mass is 320 g/mol. The number of rotatable bonds is 2. The van der Waals surface area contributed by atoms with Crippen LogP contribution < -0.4 is 10.2 Å². The Bertz CT molecular complexity index is 776. The van der Waals surface area contributed by atoms with Crippen LogP contribution in [0.4, 0.5) is 11.4 Å². The van der Waals surface area contributed by atoms with Crippen molar-refractivity contribution < 1.29 is 0 Å². The molecule has 0 radical (unpaired) electrons. The summed E-state index contributed by atoms with van der Waals surface area (Å²) in [5.74, 6) is 0. The summed E-state index contributed by atoms with van der Waals surface area (Å²) in [5.41, 5.74) is 11.9. The van der Waals surface area contributed by atoms with E-state index in [0.29, 0.717) is 0 Å². The quantitative estimate of drug-likeness (QED) is 0.867. The summed E-state index contributed by atoms with van der Waals surface area (Å²) in [6, 6.07) is 9.31. The first kappa shape index (κ1) is 15.6. The molecule has 0 spiro atoms. The van der Waals surface area contributed by atoms with Crippen LogP contribution in [-0.2, 0) is 19.3 Å². The fourth-order valence-corrected chi connectivity index (χ4v) is 4.45. The zero-order valence-corrected chi connectivity index (χ0v) is 15.2. The van der Waals surface area contributed by atoms with Crippen LogP contribution in [0.1, 0.15) is 46.2 Å². The van der Waals surface area contributed by atoms with Crippen molar-refractivity contribution in [3.05, 3.63) is 57.6 Å². The maximum absolute atomic E-state index is 3.55. The minimum absolute atomic E-state index is 1.06. The summed E-state index contributed by atoms with van der Waals surface area (Å²) in [6.45, 7) is 6.93. The summed E-state index contributed by atoms with van der Waals surface area (Å²) in [4.78, 5) is 2.41. The summed E-state index contributed by atoms with van der Waals surface area (Å²) in [5, 5.41) is 3.55. The van der Waals surface area contributed by atoms with Gasteiger partial charge in [-0.3, -0.25) is 0 Å². The molecule has 0 aliphatic carbocycles. The number of benzene rings is 2. The van der Waals surface area contributed by atoms with E-state index < -0.39 is 0 Å². The molecule has 2 aromatic rings. The lowest BCUT2D eigenvalue weighted by atomic mass is 9.88. The standard InChI is InChI=1S/C22H28N2/c1-15-17(8-10-21-19(15)6-4-12-23-21)14-18-9-11-22-20(16(18)2)7-5-13-24(22)3/h8-11,23H,4-7,12-14H2,1-3H3. The average Bonchev–Trinajstić information content (AvgIpc) is 2.60. The van der Waals surface area contributed by atoms with Gasteiger partial charge in [-0.2, -0.15) is 0 Å². The van der Waals surface area contributed by atoms with Crippen LogP contribution in [0.25, 0.3) is 0 Å². The van der Waals surface area contributed by atoms with E-state index in [9.17, 15) is 0 Å². The largest absolute Gasteiger partial charge is 0.385 e. The van der Waals surface area contributed by atoms with Gasteiger partial charge in [0.15, 0.2) is 0 Å². The minimum Gasteiger partial charge on any atom is -0.385 e. The molecule has 0 unspecified atom stereocenters. The molecule has 0 amide bonds. The smallest absolute Gasteiger partial charge is 0.0399 e. The second kappa shape index (κ2) is 6.16. The summed E-state index contributed by atoms with van der Waals surface area (Å²) in [7, 11) is 2.22. The van der Waals surface area contributed by atoms with Crippen molar-refractivity contribution in [2.75, 3.05) is 30.4 Å². The maximum atomic E-state index is 3.55. The van der Waals surface area contributed by atoms with Gasteiger partial charge in [-0.1, -0.05) is 12.1 Å². The first-order chi connectivity index (χ1) is 11.6. The molecule has 2 aliphatic heterocycles. The van der Waals surface area contributed by atoms with E-state index >= 15 is 0 Å². The molecule has 2 aromatic carbocycles. The van der Waals surface area contributed by atoms with E-state index in [0.717, 1.165) is 13.0 Å². The lowest BCUT2D eigenvalue weighted by molar-refractivity contribution is 0.738. The molecular formula is C22H28N2. The Balaban J connectivity index is 1.69. The first-order valence-corrected chi connectivity index (χ1v) is 9.33. The van der Waals surface area contributed by atoms with Gasteiger partial charge in [0.25, 0.3) is 0 Å². The van der Waals surface area contributed by atoms with Crippen LogP contribution in [0, 0.1) is 13.8 Å². The number of anilines is 2. The highest BCUT2D eigenvalue weighted by atomic mass is 15.1. The predicted molar refractivity (Wildman–Crippen MR) is 104 cm³/mol. The second-order valence-electron chi connectivity index (χ2n) is 7.46. The van der Waals surface area contributed by atoms with Gasteiger partial charge in [0.1, 0.15) is 0 Å². The Labute approximate surface area is 145 Å². The van der Waals surface area contributed by atoms with E-state index in [4.69, 9.17) is 0 Å². The molecule has 1 N–H and O–H groups in total. The highest BCUT2D eigenvalue weighted by Crippen LogP contribution is 2.33. The van der Waals surface area contributed by atoms with Gasteiger partial charge >= 0.3 is 0 Å². The van der Waals surface area contributed by atoms with E-state index in [1.54, 1.807) is 5.56 Å². The number of nitrogens with zero attached hydrogens (tertiary/aromatic N) is 1. The normalized spacial score (nSPS) is 16.4. The van der Waals surface area contributed by atoms with E-state index in [2.05, 4.69) is 55.4 Å². The average molecular weight is 320 g/mol. The molecular weight excluding hydrogens is 292 g/mol. The van der Waals surface area contributed by atoms with Crippen molar-refractivity contribution in [3.8, 4) is 0 Å². The Morgan fingerprint density at radius 1 is 0.917 bits per heavy atom. The molecule has 2 heterocycles. The Morgan fingerprint density at radius 2 is 1.62 bits per heavy atom. The highest BCUT2D eigenvalue weighted by Gasteiger charge is 2.19. The third kappa shape index (κ3) is 2.58. The molecule has 0 fully saturated rings. The van der Waals surface area contributed by atoms with Gasteiger partial charge in [-0.25, -0.2) is 0 Å². The fraction of sp³-hybridized carbons (Fsp3) is 0.455. The van der Waals surface area contributed by atoms with Crippen molar-refractivity contribution in [1.82, 2.24) is 0 Å². The van der Waals surface area contributed by atoms with Gasteiger partial charge in [-0.15, -0.1) is 0 Å². The molecule has 126 valence electrons. The zero-order valence-electron chi connectivity index (χ0n) is 15.2. The van der Waals surface area contributed by atoms with Crippen molar-refractivity contribution in [3.63, 3.8) is 0 Å². The molecule has 2 heteroatoms. The lowest BCUT2D eigenvalue weighted by Crippen LogP contribution is -2.25. The number of nitrogens with one attached hydrogen (secondary N) is 1. The topological polar surface area (TPSA) is 15.3 Å². The predicted octanol–water partition coefficient (Wildman–Crippen LogP) is 4.63. The van der Waals surface area contributed by atoms with Crippen LogP contribution in [-0.4, -0.2) is 20.1 Å². The Morgan fingerprint density at radius 3 is 2.46 bits per heavy atom. The zero-order chi connectivity index (χ0) is 16.7. The maximum Gasteiger partial charge on any atom is 0.0399 e. The molecule has 0 atom stereocenters. The number of hydrogen-bond donors (Lipinski definition) is 1. The Kier molecular flexibility index (Phi) is 3.99. The molecule has 0 saturated heterocycles. The van der Waals surface area contributed by atoms with Gasteiger partial charge in [0.2, 0.25) is 0 Å². The van der Waals surface area contributed by atoms with E-state index in [-0.39, 0.29) is 0 Å². The van der Waals surface area contributed by atoms with Crippen molar-refractivity contribution >= 4 is 11.4 Å². The van der Waals surface area contributed by atoms with Crippen LogP contribution in [0.3, 0.4) is 0 Å². The number of hydrogen-bond acceptors (Lipinski definition) is 2. The second-order valence-corrected chi connectivity index (χ2v) is 7.46. The van der Waals surface area contributed by atoms with Crippen LogP contribution in [0.2, 0.25) is 0 Å². The van der Waals surface area contributed by atoms with Crippen LogP contribution >= 0.6 is 0 Å². The van der Waals surface area contributed by atoms with Gasteiger partial charge < -0.3 is 10.2 Å². The third-order valence-electron chi connectivity index (χ3n) is 6.03. The minimum atomic E-state index is 1.06. The van der Waals surface area contributed by atoms with E-state index in [1.165, 1.54) is 71.4 Å². The molecule has 2 aliphatic rings. The number of fused-ring (bicyclic) bond motifs is 2. The molecule has 24 heavy (non-hydrogen) atoms. The first-order valence-electron chi connectivity index (χ1n) is 9.33. The van der Waals surface area contributed by atoms with Gasteiger partial charge in [0, 0.05) is 31.5 Å². The third-order valence-corrected chi connectivity index (χ3v) is 6.03. The summed E-state index contributed by atoms with van der Waals surface area (Å²) < 4.78 is 0. The van der Waals surface area contributed by atoms with Crippen molar-refractivity contribution in [2.45, 2.75) is 46.0 Å². The molecule has 2 nitrogen and oxygen atoms in total. The molecule has 0 bridgehead atoms. The van der Waals surface area contributed by atoms with Gasteiger partial charge in [-0.05, 0) is 91.5 Å². The lowest BCUT2D eigenvalue weighted by Gasteiger charge is -2.30. The van der Waals surface area contributed by atoms with Gasteiger partial charge in [0.05, 0.1) is 0 Å².